The van der Waals surface area contributed by atoms with Gasteiger partial charge in [0.2, 0.25) is 0 Å². The zero-order valence-corrected chi connectivity index (χ0v) is 10.4. The first-order chi connectivity index (χ1) is 7.69. The highest BCUT2D eigenvalue weighted by Gasteiger charge is 2.11. The van der Waals surface area contributed by atoms with Gasteiger partial charge in [0.25, 0.3) is 0 Å². The predicted octanol–water partition coefficient (Wildman–Crippen LogP) is 1.62. The summed E-state index contributed by atoms with van der Waals surface area (Å²) in [4.78, 5) is 0. The lowest BCUT2D eigenvalue weighted by Crippen LogP contribution is -2.34. The van der Waals surface area contributed by atoms with Crippen LogP contribution in [0.4, 0.5) is 0 Å². The Morgan fingerprint density at radius 2 is 2.06 bits per heavy atom. The van der Waals surface area contributed by atoms with Gasteiger partial charge in [-0.15, -0.1) is 0 Å². The second-order valence-corrected chi connectivity index (χ2v) is 4.10. The first-order valence-electron chi connectivity index (χ1n) is 5.70. The van der Waals surface area contributed by atoms with Gasteiger partial charge in [-0.1, -0.05) is 24.3 Å². The molecule has 0 heterocycles. The quantitative estimate of drug-likeness (QED) is 0.769. The van der Waals surface area contributed by atoms with Crippen LogP contribution < -0.4 is 11.1 Å². The van der Waals surface area contributed by atoms with Crippen molar-refractivity contribution in [3.8, 4) is 0 Å². The summed E-state index contributed by atoms with van der Waals surface area (Å²) in [6.45, 7) is 5.56. The van der Waals surface area contributed by atoms with Gasteiger partial charge in [-0.3, -0.25) is 0 Å². The molecular formula is C13H22N2O. The first kappa shape index (κ1) is 13.2. The fourth-order valence-electron chi connectivity index (χ4n) is 1.69. The largest absolute Gasteiger partial charge is 0.380 e. The molecule has 1 aromatic rings. The van der Waals surface area contributed by atoms with Crippen LogP contribution in [0, 0.1) is 6.92 Å². The Hall–Kier alpha value is -0.900. The van der Waals surface area contributed by atoms with Crippen LogP contribution in [0.25, 0.3) is 0 Å². The molecule has 0 amide bonds. The molecule has 0 saturated heterocycles. The lowest BCUT2D eigenvalue weighted by molar-refractivity contribution is 0.114. The molecule has 0 aliphatic rings. The highest BCUT2D eigenvalue weighted by molar-refractivity contribution is 5.28. The van der Waals surface area contributed by atoms with E-state index >= 15 is 0 Å². The van der Waals surface area contributed by atoms with E-state index in [0.29, 0.717) is 6.54 Å². The molecule has 3 N–H and O–H groups in total. The minimum Gasteiger partial charge on any atom is -0.380 e. The van der Waals surface area contributed by atoms with Gasteiger partial charge in [-0.2, -0.15) is 0 Å². The third-order valence-corrected chi connectivity index (χ3v) is 2.85. The van der Waals surface area contributed by atoms with Gasteiger partial charge in [0.05, 0.1) is 6.10 Å². The van der Waals surface area contributed by atoms with Crippen molar-refractivity contribution in [2.24, 2.45) is 5.73 Å². The number of nitrogens with one attached hydrogen (secondary N) is 1. The fourth-order valence-corrected chi connectivity index (χ4v) is 1.69. The summed E-state index contributed by atoms with van der Waals surface area (Å²) in [5, 5.41) is 3.43. The van der Waals surface area contributed by atoms with Crippen molar-refractivity contribution in [3.05, 3.63) is 35.4 Å². The van der Waals surface area contributed by atoms with Crippen LogP contribution in [-0.2, 0) is 4.74 Å². The SMILES string of the molecule is COC(C)CNC(CN)c1ccccc1C. The molecule has 1 aromatic carbocycles. The first-order valence-corrected chi connectivity index (χ1v) is 5.70. The molecule has 0 fully saturated rings. The Morgan fingerprint density at radius 1 is 1.38 bits per heavy atom. The van der Waals surface area contributed by atoms with E-state index in [-0.39, 0.29) is 12.1 Å². The van der Waals surface area contributed by atoms with Gasteiger partial charge in [0.1, 0.15) is 0 Å². The maximum absolute atomic E-state index is 5.80. The highest BCUT2D eigenvalue weighted by atomic mass is 16.5. The summed E-state index contributed by atoms with van der Waals surface area (Å²) < 4.78 is 5.21. The topological polar surface area (TPSA) is 47.3 Å². The number of rotatable bonds is 6. The molecule has 0 aliphatic carbocycles. The van der Waals surface area contributed by atoms with E-state index in [2.05, 4.69) is 24.4 Å². The second kappa shape index (κ2) is 6.63. The number of nitrogens with two attached hydrogens (primary N) is 1. The maximum atomic E-state index is 5.80. The molecule has 0 bridgehead atoms. The summed E-state index contributed by atoms with van der Waals surface area (Å²) in [6, 6.07) is 8.53. The molecule has 16 heavy (non-hydrogen) atoms. The van der Waals surface area contributed by atoms with Gasteiger partial charge in [-0.25, -0.2) is 0 Å². The monoisotopic (exact) mass is 222 g/mol. The zero-order chi connectivity index (χ0) is 12.0. The number of hydrogen-bond acceptors (Lipinski definition) is 3. The second-order valence-electron chi connectivity index (χ2n) is 4.10. The van der Waals surface area contributed by atoms with E-state index < -0.39 is 0 Å². The average Bonchev–Trinajstić information content (AvgIpc) is 2.31. The van der Waals surface area contributed by atoms with Crippen LogP contribution in [0.2, 0.25) is 0 Å². The molecule has 0 aliphatic heterocycles. The van der Waals surface area contributed by atoms with Gasteiger partial charge in [0.15, 0.2) is 0 Å². The number of methoxy groups -OCH3 is 1. The number of benzene rings is 1. The van der Waals surface area contributed by atoms with Crippen LogP contribution in [0.15, 0.2) is 24.3 Å². The third kappa shape index (κ3) is 3.59. The summed E-state index contributed by atoms with van der Waals surface area (Å²) in [5.41, 5.74) is 8.34. The van der Waals surface area contributed by atoms with Crippen molar-refractivity contribution in [2.45, 2.75) is 26.0 Å². The molecule has 0 radical (unpaired) electrons. The standard InChI is InChI=1S/C13H22N2O/c1-10-6-4-5-7-12(10)13(8-14)15-9-11(2)16-3/h4-7,11,13,15H,8-9,14H2,1-3H3. The van der Waals surface area contributed by atoms with Gasteiger partial charge >= 0.3 is 0 Å². The Kier molecular flexibility index (Phi) is 5.46. The maximum Gasteiger partial charge on any atom is 0.0667 e. The molecule has 1 rings (SSSR count). The molecular weight excluding hydrogens is 200 g/mol. The molecule has 2 unspecified atom stereocenters. The van der Waals surface area contributed by atoms with E-state index in [4.69, 9.17) is 10.5 Å². The lowest BCUT2D eigenvalue weighted by atomic mass is 10.0. The van der Waals surface area contributed by atoms with Crippen molar-refractivity contribution < 1.29 is 4.74 Å². The van der Waals surface area contributed by atoms with Crippen molar-refractivity contribution in [1.29, 1.82) is 0 Å². The number of hydrogen-bond donors (Lipinski definition) is 2. The molecule has 0 aromatic heterocycles. The van der Waals surface area contributed by atoms with Crippen molar-refractivity contribution >= 4 is 0 Å². The smallest absolute Gasteiger partial charge is 0.0667 e. The fraction of sp³-hybridized carbons (Fsp3) is 0.538. The van der Waals surface area contributed by atoms with Gasteiger partial charge in [0, 0.05) is 26.2 Å². The minimum atomic E-state index is 0.207. The highest BCUT2D eigenvalue weighted by Crippen LogP contribution is 2.16. The van der Waals surface area contributed by atoms with E-state index in [1.54, 1.807) is 7.11 Å². The minimum absolute atomic E-state index is 0.207. The third-order valence-electron chi connectivity index (χ3n) is 2.85. The van der Waals surface area contributed by atoms with Crippen LogP contribution in [0.1, 0.15) is 24.1 Å². The summed E-state index contributed by atoms with van der Waals surface area (Å²) in [7, 11) is 1.72. The predicted molar refractivity (Wildman–Crippen MR) is 67.4 cm³/mol. The number of aryl methyl sites for hydroxylation is 1. The Balaban J connectivity index is 2.64. The zero-order valence-electron chi connectivity index (χ0n) is 10.4. The van der Waals surface area contributed by atoms with Gasteiger partial charge < -0.3 is 15.8 Å². The van der Waals surface area contributed by atoms with E-state index in [9.17, 15) is 0 Å². The summed E-state index contributed by atoms with van der Waals surface area (Å²) >= 11 is 0. The van der Waals surface area contributed by atoms with E-state index in [1.807, 2.05) is 19.1 Å². The van der Waals surface area contributed by atoms with Crippen molar-refractivity contribution in [1.82, 2.24) is 5.32 Å². The van der Waals surface area contributed by atoms with Crippen molar-refractivity contribution in [3.63, 3.8) is 0 Å². The van der Waals surface area contributed by atoms with Crippen molar-refractivity contribution in [2.75, 3.05) is 20.2 Å². The summed E-state index contributed by atoms with van der Waals surface area (Å²) in [5.74, 6) is 0. The lowest BCUT2D eigenvalue weighted by Gasteiger charge is -2.21. The normalized spacial score (nSPS) is 14.8. The van der Waals surface area contributed by atoms with Crippen LogP contribution >= 0.6 is 0 Å². The molecule has 2 atom stereocenters. The molecule has 0 saturated carbocycles. The van der Waals surface area contributed by atoms with E-state index in [0.717, 1.165) is 6.54 Å². The molecule has 90 valence electrons. The number of ether oxygens (including phenoxy) is 1. The van der Waals surface area contributed by atoms with Gasteiger partial charge in [-0.05, 0) is 25.0 Å². The van der Waals surface area contributed by atoms with E-state index in [1.165, 1.54) is 11.1 Å². The molecule has 0 spiro atoms. The van der Waals surface area contributed by atoms with Crippen LogP contribution in [-0.4, -0.2) is 26.3 Å². The Bertz CT molecular complexity index is 315. The van der Waals surface area contributed by atoms with Crippen LogP contribution in [0.3, 0.4) is 0 Å². The molecule has 3 heteroatoms. The Morgan fingerprint density at radius 3 is 2.62 bits per heavy atom. The summed E-state index contributed by atoms with van der Waals surface area (Å²) in [6.07, 6.45) is 0.207. The van der Waals surface area contributed by atoms with Crippen LogP contribution in [0.5, 0.6) is 0 Å². The average molecular weight is 222 g/mol. The molecule has 3 nitrogen and oxygen atoms in total. The Labute approximate surface area is 98.0 Å².